The summed E-state index contributed by atoms with van der Waals surface area (Å²) in [5.74, 6) is -0.0503. The van der Waals surface area contributed by atoms with Crippen molar-refractivity contribution >= 4 is 27.5 Å². The van der Waals surface area contributed by atoms with Crippen LogP contribution in [0.1, 0.15) is 10.4 Å². The Morgan fingerprint density at radius 2 is 1.89 bits per heavy atom. The molecule has 0 spiro atoms. The molecule has 0 aliphatic rings. The maximum absolute atomic E-state index is 13.1. The van der Waals surface area contributed by atoms with Gasteiger partial charge in [0, 0.05) is 10.0 Å². The van der Waals surface area contributed by atoms with E-state index in [1.807, 2.05) is 0 Å². The summed E-state index contributed by atoms with van der Waals surface area (Å²) in [6.07, 6.45) is 0. The summed E-state index contributed by atoms with van der Waals surface area (Å²) in [6.45, 7) is 0. The van der Waals surface area contributed by atoms with Crippen LogP contribution in [0.3, 0.4) is 0 Å². The average Bonchev–Trinajstić information content (AvgIpc) is 2.43. The Hall–Kier alpha value is -1.88. The highest BCUT2D eigenvalue weighted by Crippen LogP contribution is 2.23. The number of carbonyl (C=O) groups is 1. The quantitative estimate of drug-likeness (QED) is 0.931. The molecule has 3 nitrogen and oxygen atoms in total. The van der Waals surface area contributed by atoms with Gasteiger partial charge in [0.2, 0.25) is 0 Å². The van der Waals surface area contributed by atoms with Crippen LogP contribution in [0.5, 0.6) is 5.75 Å². The minimum Gasteiger partial charge on any atom is -0.497 e. The highest BCUT2D eigenvalue weighted by molar-refractivity contribution is 9.10. The SMILES string of the molecule is COc1ccc(C(=O)Nc2cc(F)ccc2Br)cc1. The summed E-state index contributed by atoms with van der Waals surface area (Å²) >= 11 is 3.25. The van der Waals surface area contributed by atoms with Crippen molar-refractivity contribution in [3.63, 3.8) is 0 Å². The van der Waals surface area contributed by atoms with Crippen LogP contribution in [0, 0.1) is 5.82 Å². The first kappa shape index (κ1) is 13.5. The van der Waals surface area contributed by atoms with E-state index in [1.54, 1.807) is 37.4 Å². The van der Waals surface area contributed by atoms with Crippen molar-refractivity contribution in [1.82, 2.24) is 0 Å². The van der Waals surface area contributed by atoms with E-state index in [9.17, 15) is 9.18 Å². The molecule has 1 N–H and O–H groups in total. The number of hydrogen-bond acceptors (Lipinski definition) is 2. The number of methoxy groups -OCH3 is 1. The van der Waals surface area contributed by atoms with Gasteiger partial charge in [-0.05, 0) is 58.4 Å². The number of hydrogen-bond donors (Lipinski definition) is 1. The van der Waals surface area contributed by atoms with Crippen molar-refractivity contribution in [3.8, 4) is 5.75 Å². The predicted octanol–water partition coefficient (Wildman–Crippen LogP) is 3.85. The Morgan fingerprint density at radius 3 is 2.53 bits per heavy atom. The molecule has 98 valence electrons. The van der Waals surface area contributed by atoms with Crippen LogP contribution in [-0.2, 0) is 0 Å². The second-order valence-electron chi connectivity index (χ2n) is 3.81. The zero-order valence-corrected chi connectivity index (χ0v) is 11.7. The van der Waals surface area contributed by atoms with Crippen molar-refractivity contribution in [3.05, 3.63) is 58.3 Å². The average molecular weight is 324 g/mol. The van der Waals surface area contributed by atoms with E-state index in [-0.39, 0.29) is 5.91 Å². The van der Waals surface area contributed by atoms with Crippen molar-refractivity contribution in [1.29, 1.82) is 0 Å². The molecule has 0 radical (unpaired) electrons. The fraction of sp³-hybridized carbons (Fsp3) is 0.0714. The normalized spacial score (nSPS) is 10.1. The molecule has 0 heterocycles. The lowest BCUT2D eigenvalue weighted by atomic mass is 10.2. The highest BCUT2D eigenvalue weighted by Gasteiger charge is 2.09. The van der Waals surface area contributed by atoms with Crippen LogP contribution in [0.4, 0.5) is 10.1 Å². The molecule has 2 aromatic rings. The Morgan fingerprint density at radius 1 is 1.21 bits per heavy atom. The van der Waals surface area contributed by atoms with Gasteiger partial charge in [-0.15, -0.1) is 0 Å². The molecule has 0 unspecified atom stereocenters. The van der Waals surface area contributed by atoms with Gasteiger partial charge >= 0.3 is 0 Å². The van der Waals surface area contributed by atoms with Gasteiger partial charge in [-0.2, -0.15) is 0 Å². The lowest BCUT2D eigenvalue weighted by Crippen LogP contribution is -2.12. The molecule has 0 atom stereocenters. The zero-order valence-electron chi connectivity index (χ0n) is 10.1. The van der Waals surface area contributed by atoms with Gasteiger partial charge in [0.05, 0.1) is 12.8 Å². The van der Waals surface area contributed by atoms with Crippen LogP contribution >= 0.6 is 15.9 Å². The van der Waals surface area contributed by atoms with Gasteiger partial charge in [-0.3, -0.25) is 4.79 Å². The Labute approximate surface area is 118 Å². The van der Waals surface area contributed by atoms with Gasteiger partial charge in [-0.1, -0.05) is 0 Å². The number of amides is 1. The number of halogens is 2. The number of benzene rings is 2. The number of ether oxygens (including phenoxy) is 1. The van der Waals surface area contributed by atoms with Crippen molar-refractivity contribution < 1.29 is 13.9 Å². The molecule has 0 saturated heterocycles. The van der Waals surface area contributed by atoms with Crippen LogP contribution < -0.4 is 10.1 Å². The summed E-state index contributed by atoms with van der Waals surface area (Å²) in [7, 11) is 1.55. The molecule has 19 heavy (non-hydrogen) atoms. The van der Waals surface area contributed by atoms with Crippen LogP contribution in [0.25, 0.3) is 0 Å². The maximum Gasteiger partial charge on any atom is 0.255 e. The minimum atomic E-state index is -0.409. The van der Waals surface area contributed by atoms with Crippen molar-refractivity contribution in [2.24, 2.45) is 0 Å². The van der Waals surface area contributed by atoms with E-state index in [1.165, 1.54) is 12.1 Å². The fourth-order valence-electron chi connectivity index (χ4n) is 1.53. The Bertz CT molecular complexity index is 599. The van der Waals surface area contributed by atoms with E-state index in [0.717, 1.165) is 0 Å². The molecule has 1 amide bonds. The Kier molecular flexibility index (Phi) is 4.16. The van der Waals surface area contributed by atoms with Gasteiger partial charge in [0.25, 0.3) is 5.91 Å². The third kappa shape index (κ3) is 3.32. The molecule has 0 bridgehead atoms. The van der Waals surface area contributed by atoms with Gasteiger partial charge in [-0.25, -0.2) is 4.39 Å². The topological polar surface area (TPSA) is 38.3 Å². The van der Waals surface area contributed by atoms with E-state index < -0.39 is 5.82 Å². The molecule has 2 rings (SSSR count). The maximum atomic E-state index is 13.1. The van der Waals surface area contributed by atoms with Gasteiger partial charge < -0.3 is 10.1 Å². The molecule has 2 aromatic carbocycles. The van der Waals surface area contributed by atoms with Crippen molar-refractivity contribution in [2.75, 3.05) is 12.4 Å². The summed E-state index contributed by atoms with van der Waals surface area (Å²) in [4.78, 5) is 12.0. The summed E-state index contributed by atoms with van der Waals surface area (Å²) in [6, 6.07) is 10.8. The second-order valence-corrected chi connectivity index (χ2v) is 4.66. The van der Waals surface area contributed by atoms with Crippen LogP contribution in [-0.4, -0.2) is 13.0 Å². The zero-order chi connectivity index (χ0) is 13.8. The van der Waals surface area contributed by atoms with Crippen molar-refractivity contribution in [2.45, 2.75) is 0 Å². The standard InChI is InChI=1S/C14H11BrFNO2/c1-19-11-5-2-9(3-6-11)14(18)17-13-8-10(16)4-7-12(13)15/h2-8H,1H3,(H,17,18). The number of nitrogens with one attached hydrogen (secondary N) is 1. The first-order valence-electron chi connectivity index (χ1n) is 5.50. The molecule has 0 aliphatic carbocycles. The van der Waals surface area contributed by atoms with E-state index in [0.29, 0.717) is 21.5 Å². The largest absolute Gasteiger partial charge is 0.497 e. The number of rotatable bonds is 3. The third-order valence-electron chi connectivity index (χ3n) is 2.53. The molecule has 0 aliphatic heterocycles. The predicted molar refractivity (Wildman–Crippen MR) is 75.0 cm³/mol. The Balaban J connectivity index is 2.18. The molecule has 0 saturated carbocycles. The second kappa shape index (κ2) is 5.84. The van der Waals surface area contributed by atoms with Crippen LogP contribution in [0.2, 0.25) is 0 Å². The molecule has 0 fully saturated rings. The monoisotopic (exact) mass is 323 g/mol. The molecular formula is C14H11BrFNO2. The first-order valence-corrected chi connectivity index (χ1v) is 6.30. The molecule has 0 aromatic heterocycles. The van der Waals surface area contributed by atoms with E-state index >= 15 is 0 Å². The summed E-state index contributed by atoms with van der Waals surface area (Å²) in [5.41, 5.74) is 0.859. The molecular weight excluding hydrogens is 313 g/mol. The summed E-state index contributed by atoms with van der Waals surface area (Å²) in [5, 5.41) is 2.64. The smallest absolute Gasteiger partial charge is 0.255 e. The van der Waals surface area contributed by atoms with E-state index in [2.05, 4.69) is 21.2 Å². The van der Waals surface area contributed by atoms with E-state index in [4.69, 9.17) is 4.74 Å². The number of carbonyl (C=O) groups excluding carboxylic acids is 1. The molecule has 5 heteroatoms. The number of anilines is 1. The highest BCUT2D eigenvalue weighted by atomic mass is 79.9. The van der Waals surface area contributed by atoms with Gasteiger partial charge in [0.1, 0.15) is 11.6 Å². The lowest BCUT2D eigenvalue weighted by molar-refractivity contribution is 0.102. The fourth-order valence-corrected chi connectivity index (χ4v) is 1.88. The third-order valence-corrected chi connectivity index (χ3v) is 3.22. The van der Waals surface area contributed by atoms with Crippen LogP contribution in [0.15, 0.2) is 46.9 Å². The summed E-state index contributed by atoms with van der Waals surface area (Å²) < 4.78 is 18.7. The lowest BCUT2D eigenvalue weighted by Gasteiger charge is -2.08. The van der Waals surface area contributed by atoms with Gasteiger partial charge in [0.15, 0.2) is 0 Å². The minimum absolute atomic E-state index is 0.311. The first-order chi connectivity index (χ1) is 9.10.